The average molecular weight is 393 g/mol. The Morgan fingerprint density at radius 1 is 1.43 bits per heavy atom. The zero-order valence-electron chi connectivity index (χ0n) is 15.7. The molecule has 2 N–H and O–H groups in total. The van der Waals surface area contributed by atoms with Crippen LogP contribution < -0.4 is 10.6 Å². The number of fused-ring (bicyclic) bond motifs is 1. The molecule has 0 fully saturated rings. The molecule has 150 valence electrons. The number of nitrogens with zero attached hydrogens (tertiary/aromatic N) is 3. The van der Waals surface area contributed by atoms with Crippen LogP contribution in [0.5, 0.6) is 0 Å². The number of carbonyl (C=O) groups is 2. The molecule has 1 aliphatic heterocycles. The number of hydrogen-bond acceptors (Lipinski definition) is 6. The predicted octanol–water partition coefficient (Wildman–Crippen LogP) is 3.03. The van der Waals surface area contributed by atoms with Crippen LogP contribution in [-0.4, -0.2) is 45.7 Å². The first-order valence-electron chi connectivity index (χ1n) is 8.90. The molecular weight excluding hydrogens is 372 g/mol. The predicted molar refractivity (Wildman–Crippen MR) is 97.9 cm³/mol. The zero-order chi connectivity index (χ0) is 20.4. The summed E-state index contributed by atoms with van der Waals surface area (Å²) in [5.41, 5.74) is 1.38. The van der Waals surface area contributed by atoms with Gasteiger partial charge in [-0.05, 0) is 44.9 Å². The monoisotopic (exact) mass is 393 g/mol. The number of aromatic nitrogens is 3. The molecule has 0 saturated heterocycles. The van der Waals surface area contributed by atoms with Gasteiger partial charge in [0.15, 0.2) is 0 Å². The highest BCUT2D eigenvalue weighted by molar-refractivity contribution is 6.03. The van der Waals surface area contributed by atoms with Crippen LogP contribution in [0.15, 0.2) is 18.2 Å². The van der Waals surface area contributed by atoms with Crippen LogP contribution in [0.2, 0.25) is 0 Å². The highest BCUT2D eigenvalue weighted by Gasteiger charge is 2.34. The van der Waals surface area contributed by atoms with Gasteiger partial charge >= 0.3 is 5.97 Å². The zero-order valence-corrected chi connectivity index (χ0v) is 15.7. The molecule has 1 aliphatic rings. The maximum absolute atomic E-state index is 13.3. The number of anilines is 2. The Bertz CT molecular complexity index is 899. The summed E-state index contributed by atoms with van der Waals surface area (Å²) in [4.78, 5) is 28.5. The lowest BCUT2D eigenvalue weighted by molar-refractivity contribution is 0.0526. The second kappa shape index (κ2) is 7.91. The Morgan fingerprint density at radius 3 is 2.86 bits per heavy atom. The second-order valence-electron chi connectivity index (χ2n) is 6.59. The maximum atomic E-state index is 13.3. The van der Waals surface area contributed by atoms with Gasteiger partial charge in [-0.15, -0.1) is 5.10 Å². The van der Waals surface area contributed by atoms with Crippen molar-refractivity contribution in [2.24, 2.45) is 0 Å². The highest BCUT2D eigenvalue weighted by Crippen LogP contribution is 2.30. The number of halogens is 2. The van der Waals surface area contributed by atoms with Gasteiger partial charge in [0.1, 0.15) is 6.04 Å². The van der Waals surface area contributed by atoms with Crippen molar-refractivity contribution in [3.05, 3.63) is 35.2 Å². The summed E-state index contributed by atoms with van der Waals surface area (Å²) in [5.74, 6) is -1.27. The number of esters is 1. The fourth-order valence-corrected chi connectivity index (χ4v) is 2.98. The molecule has 28 heavy (non-hydrogen) atoms. The van der Waals surface area contributed by atoms with Crippen LogP contribution in [0.1, 0.15) is 52.9 Å². The minimum atomic E-state index is -2.62. The van der Waals surface area contributed by atoms with Gasteiger partial charge in [0.05, 0.1) is 12.2 Å². The molecule has 10 heteroatoms. The summed E-state index contributed by atoms with van der Waals surface area (Å²) in [5, 5.41) is 9.54. The summed E-state index contributed by atoms with van der Waals surface area (Å²) in [6.45, 7) is 5.45. The normalized spacial score (nSPS) is 18.4. The molecule has 1 aromatic carbocycles. The number of nitrogens with one attached hydrogen (secondary N) is 2. The van der Waals surface area contributed by atoms with E-state index in [9.17, 15) is 18.4 Å². The third-order valence-corrected chi connectivity index (χ3v) is 4.41. The van der Waals surface area contributed by atoms with Crippen LogP contribution in [-0.2, 0) is 4.74 Å². The number of hydrogen-bond donors (Lipinski definition) is 2. The van der Waals surface area contributed by atoms with E-state index in [2.05, 4.69) is 20.7 Å². The highest BCUT2D eigenvalue weighted by atomic mass is 19.3. The first-order valence-corrected chi connectivity index (χ1v) is 8.90. The van der Waals surface area contributed by atoms with Crippen molar-refractivity contribution in [2.45, 2.75) is 45.7 Å². The van der Waals surface area contributed by atoms with E-state index in [0.717, 1.165) is 4.68 Å². The summed E-state index contributed by atoms with van der Waals surface area (Å²) >= 11 is 0. The lowest BCUT2D eigenvalue weighted by atomic mass is 10.1. The topological polar surface area (TPSA) is 98.1 Å². The molecule has 2 atom stereocenters. The van der Waals surface area contributed by atoms with Gasteiger partial charge in [0.2, 0.25) is 11.8 Å². The fourth-order valence-electron chi connectivity index (χ4n) is 2.98. The second-order valence-corrected chi connectivity index (χ2v) is 6.59. The molecule has 0 aliphatic carbocycles. The van der Waals surface area contributed by atoms with Gasteiger partial charge < -0.3 is 15.4 Å². The van der Waals surface area contributed by atoms with Crippen molar-refractivity contribution in [1.29, 1.82) is 0 Å². The molecule has 0 unspecified atom stereocenters. The van der Waals surface area contributed by atoms with E-state index in [4.69, 9.17) is 4.74 Å². The van der Waals surface area contributed by atoms with E-state index in [1.165, 1.54) is 6.07 Å². The fraction of sp³-hybridized carbons (Fsp3) is 0.444. The Kier molecular flexibility index (Phi) is 5.57. The molecular formula is C18H21F2N5O3. The van der Waals surface area contributed by atoms with Crippen molar-refractivity contribution < 1.29 is 23.1 Å². The third kappa shape index (κ3) is 3.95. The number of rotatable bonds is 5. The van der Waals surface area contributed by atoms with Crippen LogP contribution in [0.4, 0.5) is 20.4 Å². The number of ether oxygens (including phenoxy) is 1. The standard InChI is InChI=1S/C18H21F2N5O3/c1-4-28-17(27)11-6-5-9(2)12(8-11)22-16(26)15-23-18-21-10(3)7-13(14(19)20)25(18)24-15/h5-6,8,10,13-14H,4,7H2,1-3H3,(H,22,26)(H,21,23,24)/t10-,13+/m0/s1. The average Bonchev–Trinajstić information content (AvgIpc) is 3.06. The first kappa shape index (κ1) is 19.7. The molecule has 3 rings (SSSR count). The number of alkyl halides is 2. The van der Waals surface area contributed by atoms with Crippen LogP contribution >= 0.6 is 0 Å². The van der Waals surface area contributed by atoms with Crippen molar-refractivity contribution in [2.75, 3.05) is 17.2 Å². The smallest absolute Gasteiger partial charge is 0.338 e. The van der Waals surface area contributed by atoms with Gasteiger partial charge in [-0.1, -0.05) is 6.07 Å². The molecule has 2 aromatic rings. The summed E-state index contributed by atoms with van der Waals surface area (Å²) in [7, 11) is 0. The Hall–Kier alpha value is -3.04. The van der Waals surface area contributed by atoms with Gasteiger partial charge in [-0.25, -0.2) is 18.3 Å². The molecule has 0 saturated carbocycles. The van der Waals surface area contributed by atoms with E-state index in [1.54, 1.807) is 32.9 Å². The summed E-state index contributed by atoms with van der Waals surface area (Å²) in [6, 6.07) is 3.40. The summed E-state index contributed by atoms with van der Waals surface area (Å²) in [6.07, 6.45) is -2.44. The third-order valence-electron chi connectivity index (χ3n) is 4.41. The Morgan fingerprint density at radius 2 is 2.18 bits per heavy atom. The van der Waals surface area contributed by atoms with E-state index in [0.29, 0.717) is 11.3 Å². The number of amides is 1. The van der Waals surface area contributed by atoms with Crippen LogP contribution in [0.3, 0.4) is 0 Å². The van der Waals surface area contributed by atoms with Gasteiger partial charge in [0.25, 0.3) is 12.3 Å². The Balaban J connectivity index is 1.84. The molecule has 1 amide bonds. The molecule has 0 radical (unpaired) electrons. The summed E-state index contributed by atoms with van der Waals surface area (Å²) < 4.78 is 32.6. The minimum Gasteiger partial charge on any atom is -0.462 e. The van der Waals surface area contributed by atoms with E-state index in [-0.39, 0.29) is 36.4 Å². The van der Waals surface area contributed by atoms with Gasteiger partial charge in [-0.2, -0.15) is 4.98 Å². The van der Waals surface area contributed by atoms with Crippen LogP contribution in [0.25, 0.3) is 0 Å². The Labute approximate surface area is 160 Å². The minimum absolute atomic E-state index is 0.131. The molecule has 2 heterocycles. The van der Waals surface area contributed by atoms with E-state index < -0.39 is 24.3 Å². The molecule has 8 nitrogen and oxygen atoms in total. The van der Waals surface area contributed by atoms with E-state index >= 15 is 0 Å². The first-order chi connectivity index (χ1) is 13.3. The van der Waals surface area contributed by atoms with Crippen molar-refractivity contribution >= 4 is 23.5 Å². The molecule has 0 bridgehead atoms. The van der Waals surface area contributed by atoms with E-state index in [1.807, 2.05) is 0 Å². The maximum Gasteiger partial charge on any atom is 0.338 e. The van der Waals surface area contributed by atoms with Gasteiger partial charge in [-0.3, -0.25) is 4.79 Å². The number of benzene rings is 1. The SMILES string of the molecule is CCOC(=O)c1ccc(C)c(NC(=O)c2nc3n(n2)[C@@H](C(F)F)C[C@H](C)N3)c1. The lowest BCUT2D eigenvalue weighted by Gasteiger charge is -2.28. The van der Waals surface area contributed by atoms with Crippen molar-refractivity contribution in [3.8, 4) is 0 Å². The molecule has 0 spiro atoms. The largest absolute Gasteiger partial charge is 0.462 e. The van der Waals surface area contributed by atoms with Crippen molar-refractivity contribution in [3.63, 3.8) is 0 Å². The van der Waals surface area contributed by atoms with Crippen molar-refractivity contribution in [1.82, 2.24) is 14.8 Å². The lowest BCUT2D eigenvalue weighted by Crippen LogP contribution is -2.33. The van der Waals surface area contributed by atoms with Crippen LogP contribution in [0, 0.1) is 6.92 Å². The molecule has 1 aromatic heterocycles. The van der Waals surface area contributed by atoms with Gasteiger partial charge in [0, 0.05) is 11.7 Å². The number of aryl methyl sites for hydroxylation is 1. The quantitative estimate of drug-likeness (QED) is 0.758. The number of carbonyl (C=O) groups excluding carboxylic acids is 2.